The molecular weight excluding hydrogens is 408 g/mol. The molecule has 2 N–H and O–H groups in total. The normalized spacial score (nSPS) is 21.0. The van der Waals surface area contributed by atoms with Crippen LogP contribution in [0.25, 0.3) is 0 Å². The van der Waals surface area contributed by atoms with E-state index in [1.165, 1.54) is 0 Å². The van der Waals surface area contributed by atoms with E-state index in [9.17, 15) is 14.4 Å². The Labute approximate surface area is 187 Å². The van der Waals surface area contributed by atoms with Crippen molar-refractivity contribution in [3.8, 4) is 0 Å². The molecule has 2 atom stereocenters. The van der Waals surface area contributed by atoms with Gasteiger partial charge in [0.05, 0.1) is 18.7 Å². The van der Waals surface area contributed by atoms with Crippen molar-refractivity contribution in [2.75, 3.05) is 31.5 Å². The number of hydrogen-bond acceptors (Lipinski definition) is 4. The molecule has 4 rings (SSSR count). The number of piperidine rings is 1. The fraction of sp³-hybridized carbons (Fsp3) is 0.458. The first-order valence-electron chi connectivity index (χ1n) is 11.2. The van der Waals surface area contributed by atoms with E-state index in [0.717, 1.165) is 29.9 Å². The first kappa shape index (κ1) is 21.9. The molecule has 2 fully saturated rings. The third-order valence-electron chi connectivity index (χ3n) is 6.18. The van der Waals surface area contributed by atoms with Gasteiger partial charge in [0, 0.05) is 38.3 Å². The van der Waals surface area contributed by atoms with E-state index >= 15 is 0 Å². The van der Waals surface area contributed by atoms with E-state index in [4.69, 9.17) is 4.42 Å². The van der Waals surface area contributed by atoms with E-state index in [2.05, 4.69) is 10.6 Å². The molecule has 0 aliphatic carbocycles. The summed E-state index contributed by atoms with van der Waals surface area (Å²) in [5, 5.41) is 5.76. The number of likely N-dealkylation sites (tertiary alicyclic amines) is 2. The maximum Gasteiger partial charge on any atom is 0.319 e. The van der Waals surface area contributed by atoms with Gasteiger partial charge < -0.3 is 24.9 Å². The van der Waals surface area contributed by atoms with Gasteiger partial charge in [-0.2, -0.15) is 0 Å². The third kappa shape index (κ3) is 5.49. The average molecular weight is 439 g/mol. The Kier molecular flexibility index (Phi) is 6.78. The summed E-state index contributed by atoms with van der Waals surface area (Å²) in [4.78, 5) is 41.2. The Morgan fingerprint density at radius 1 is 1.16 bits per heavy atom. The smallest absolute Gasteiger partial charge is 0.319 e. The molecule has 32 heavy (non-hydrogen) atoms. The van der Waals surface area contributed by atoms with Crippen LogP contribution in [-0.2, 0) is 16.1 Å². The molecule has 0 radical (unpaired) electrons. The number of hydrogen-bond donors (Lipinski definition) is 2. The van der Waals surface area contributed by atoms with Gasteiger partial charge in [-0.25, -0.2) is 4.79 Å². The number of benzene rings is 1. The summed E-state index contributed by atoms with van der Waals surface area (Å²) in [6, 6.07) is 11.0. The number of urea groups is 1. The van der Waals surface area contributed by atoms with Crippen molar-refractivity contribution in [3.05, 3.63) is 54.0 Å². The maximum absolute atomic E-state index is 13.1. The zero-order valence-electron chi connectivity index (χ0n) is 18.4. The summed E-state index contributed by atoms with van der Waals surface area (Å²) in [6.07, 6.45) is 3.69. The van der Waals surface area contributed by atoms with Gasteiger partial charge in [-0.15, -0.1) is 0 Å². The van der Waals surface area contributed by atoms with Gasteiger partial charge in [-0.3, -0.25) is 9.59 Å². The Balaban J connectivity index is 1.24. The molecule has 8 heteroatoms. The monoisotopic (exact) mass is 438 g/mol. The van der Waals surface area contributed by atoms with Gasteiger partial charge >= 0.3 is 6.03 Å². The predicted molar refractivity (Wildman–Crippen MR) is 120 cm³/mol. The second-order valence-electron chi connectivity index (χ2n) is 8.75. The molecule has 0 unspecified atom stereocenters. The Morgan fingerprint density at radius 2 is 1.97 bits per heavy atom. The molecule has 170 valence electrons. The number of anilines is 1. The summed E-state index contributed by atoms with van der Waals surface area (Å²) < 4.78 is 5.33. The predicted octanol–water partition coefficient (Wildman–Crippen LogP) is 3.00. The van der Waals surface area contributed by atoms with E-state index in [-0.39, 0.29) is 36.1 Å². The van der Waals surface area contributed by atoms with Crippen LogP contribution in [0.5, 0.6) is 0 Å². The molecule has 2 aromatic rings. The zero-order chi connectivity index (χ0) is 22.5. The van der Waals surface area contributed by atoms with Crippen LogP contribution in [0, 0.1) is 18.8 Å². The molecule has 3 heterocycles. The standard InChI is InChI=1S/C24H30N4O4/c1-17-6-8-20(9-7-17)26-24(31)25-13-18-4-2-10-27(14-18)23(30)19-12-22(29)28(15-19)16-21-5-3-11-32-21/h3,5-9,11,18-19H,2,4,10,12-16H2,1H3,(H2,25,26,31)/t18-,19-/m0/s1. The third-order valence-corrected chi connectivity index (χ3v) is 6.18. The first-order chi connectivity index (χ1) is 15.5. The highest BCUT2D eigenvalue weighted by Crippen LogP contribution is 2.25. The molecule has 2 aliphatic rings. The van der Waals surface area contributed by atoms with Crippen molar-refractivity contribution in [1.82, 2.24) is 15.1 Å². The summed E-state index contributed by atoms with van der Waals surface area (Å²) >= 11 is 0. The van der Waals surface area contributed by atoms with Crippen molar-refractivity contribution in [1.29, 1.82) is 0 Å². The van der Waals surface area contributed by atoms with E-state index in [0.29, 0.717) is 32.7 Å². The second kappa shape index (κ2) is 9.89. The summed E-state index contributed by atoms with van der Waals surface area (Å²) in [5.41, 5.74) is 1.88. The van der Waals surface area contributed by atoms with Gasteiger partial charge in [0.2, 0.25) is 11.8 Å². The van der Waals surface area contributed by atoms with Gasteiger partial charge in [0.15, 0.2) is 0 Å². The van der Waals surface area contributed by atoms with Crippen molar-refractivity contribution in [3.63, 3.8) is 0 Å². The molecule has 0 spiro atoms. The fourth-order valence-electron chi connectivity index (χ4n) is 4.42. The number of aryl methyl sites for hydroxylation is 1. The number of nitrogens with zero attached hydrogens (tertiary/aromatic N) is 2. The molecule has 0 saturated carbocycles. The Bertz CT molecular complexity index is 941. The van der Waals surface area contributed by atoms with E-state index in [1.54, 1.807) is 17.2 Å². The minimum atomic E-state index is -0.311. The minimum Gasteiger partial charge on any atom is -0.467 e. The quantitative estimate of drug-likeness (QED) is 0.725. The maximum atomic E-state index is 13.1. The number of carbonyl (C=O) groups excluding carboxylic acids is 3. The summed E-state index contributed by atoms with van der Waals surface area (Å²) in [6.45, 7) is 4.64. The average Bonchev–Trinajstić information content (AvgIpc) is 3.44. The van der Waals surface area contributed by atoms with Crippen LogP contribution in [0.2, 0.25) is 0 Å². The van der Waals surface area contributed by atoms with Crippen LogP contribution in [0.3, 0.4) is 0 Å². The number of carbonyl (C=O) groups is 3. The first-order valence-corrected chi connectivity index (χ1v) is 11.2. The highest BCUT2D eigenvalue weighted by atomic mass is 16.3. The molecule has 4 amide bonds. The lowest BCUT2D eigenvalue weighted by Crippen LogP contribution is -2.46. The molecule has 8 nitrogen and oxygen atoms in total. The van der Waals surface area contributed by atoms with Crippen LogP contribution in [0.15, 0.2) is 47.1 Å². The molecule has 0 bridgehead atoms. The lowest BCUT2D eigenvalue weighted by atomic mass is 9.96. The number of rotatable bonds is 6. The van der Waals surface area contributed by atoms with Gasteiger partial charge in [-0.05, 0) is 49.9 Å². The highest BCUT2D eigenvalue weighted by Gasteiger charge is 2.38. The SMILES string of the molecule is Cc1ccc(NC(=O)NC[C@@H]2CCCN(C(=O)[C@H]3CC(=O)N(Cc4ccco4)C3)C2)cc1. The number of nitrogens with one attached hydrogen (secondary N) is 2. The van der Waals surface area contributed by atoms with Crippen LogP contribution in [0.4, 0.5) is 10.5 Å². The Hall–Kier alpha value is -3.29. The van der Waals surface area contributed by atoms with Crippen molar-refractivity contribution in [2.45, 2.75) is 32.7 Å². The van der Waals surface area contributed by atoms with Gasteiger partial charge in [-0.1, -0.05) is 17.7 Å². The van der Waals surface area contributed by atoms with E-state index < -0.39 is 0 Å². The van der Waals surface area contributed by atoms with Crippen LogP contribution in [-0.4, -0.2) is 53.8 Å². The van der Waals surface area contributed by atoms with Crippen molar-refractivity contribution < 1.29 is 18.8 Å². The largest absolute Gasteiger partial charge is 0.467 e. The minimum absolute atomic E-state index is 0.0113. The molecule has 2 saturated heterocycles. The fourth-order valence-corrected chi connectivity index (χ4v) is 4.42. The van der Waals surface area contributed by atoms with Gasteiger partial charge in [0.1, 0.15) is 5.76 Å². The molecule has 1 aromatic carbocycles. The summed E-state index contributed by atoms with van der Waals surface area (Å²) in [5.74, 6) is 0.637. The summed E-state index contributed by atoms with van der Waals surface area (Å²) in [7, 11) is 0. The van der Waals surface area contributed by atoms with E-state index in [1.807, 2.05) is 42.2 Å². The van der Waals surface area contributed by atoms with Crippen LogP contribution >= 0.6 is 0 Å². The Morgan fingerprint density at radius 3 is 2.72 bits per heavy atom. The van der Waals surface area contributed by atoms with Crippen LogP contribution in [0.1, 0.15) is 30.6 Å². The second-order valence-corrected chi connectivity index (χ2v) is 8.75. The van der Waals surface area contributed by atoms with Crippen LogP contribution < -0.4 is 10.6 Å². The zero-order valence-corrected chi connectivity index (χ0v) is 18.4. The number of amides is 4. The molecular formula is C24H30N4O4. The highest BCUT2D eigenvalue weighted by molar-refractivity contribution is 5.90. The lowest BCUT2D eigenvalue weighted by molar-refractivity contribution is -0.137. The van der Waals surface area contributed by atoms with Gasteiger partial charge in [0.25, 0.3) is 0 Å². The van der Waals surface area contributed by atoms with Crippen molar-refractivity contribution in [2.24, 2.45) is 11.8 Å². The molecule has 2 aliphatic heterocycles. The number of furan rings is 1. The lowest BCUT2D eigenvalue weighted by Gasteiger charge is -2.34. The molecule has 1 aromatic heterocycles. The topological polar surface area (TPSA) is 94.9 Å². The van der Waals surface area contributed by atoms with Crippen molar-refractivity contribution >= 4 is 23.5 Å².